The lowest BCUT2D eigenvalue weighted by molar-refractivity contribution is 0.102. The summed E-state index contributed by atoms with van der Waals surface area (Å²) in [5.74, 6) is 0.279. The van der Waals surface area contributed by atoms with Crippen LogP contribution in [0, 0.1) is 6.92 Å². The first-order chi connectivity index (χ1) is 12.9. The van der Waals surface area contributed by atoms with E-state index in [9.17, 15) is 13.2 Å². The second-order valence-corrected chi connectivity index (χ2v) is 8.92. The number of hydrogen-bond donors (Lipinski definition) is 1. The highest BCUT2D eigenvalue weighted by Gasteiger charge is 2.19. The number of anilines is 1. The van der Waals surface area contributed by atoms with Gasteiger partial charge in [-0.25, -0.2) is 4.98 Å². The molecule has 27 heavy (non-hydrogen) atoms. The van der Waals surface area contributed by atoms with Gasteiger partial charge in [0.15, 0.2) is 0 Å². The maximum Gasteiger partial charge on any atom is 0.284 e. The number of amides is 1. The van der Waals surface area contributed by atoms with E-state index in [2.05, 4.69) is 14.7 Å². The Labute approximate surface area is 163 Å². The molecule has 0 spiro atoms. The number of aryl methyl sites for hydroxylation is 1. The molecule has 0 saturated carbocycles. The third kappa shape index (κ3) is 4.72. The summed E-state index contributed by atoms with van der Waals surface area (Å²) in [6, 6.07) is 6.17. The smallest absolute Gasteiger partial charge is 0.284 e. The van der Waals surface area contributed by atoms with Gasteiger partial charge in [0.2, 0.25) is 0 Å². The quantitative estimate of drug-likeness (QED) is 0.841. The van der Waals surface area contributed by atoms with Crippen LogP contribution < -0.4 is 5.32 Å². The predicted octanol–water partition coefficient (Wildman–Crippen LogP) is 3.30. The fraction of sp³-hybridized carbons (Fsp3) is 0.389. The summed E-state index contributed by atoms with van der Waals surface area (Å²) >= 11 is 1.24. The highest BCUT2D eigenvalue weighted by atomic mass is 32.2. The van der Waals surface area contributed by atoms with Gasteiger partial charge in [-0.15, -0.1) is 15.7 Å². The molecule has 1 amide bonds. The van der Waals surface area contributed by atoms with Crippen LogP contribution in [0.15, 0.2) is 39.1 Å². The van der Waals surface area contributed by atoms with Crippen LogP contribution in [0.25, 0.3) is 0 Å². The van der Waals surface area contributed by atoms with E-state index >= 15 is 0 Å². The molecule has 3 rings (SSSR count). The Morgan fingerprint density at radius 1 is 1.30 bits per heavy atom. The van der Waals surface area contributed by atoms with Gasteiger partial charge in [0.1, 0.15) is 10.7 Å². The summed E-state index contributed by atoms with van der Waals surface area (Å²) in [5, 5.41) is 2.73. The normalized spacial score (nSPS) is 17.0. The van der Waals surface area contributed by atoms with Crippen LogP contribution in [-0.4, -0.2) is 43.6 Å². The minimum absolute atomic E-state index is 0.0615. The lowest BCUT2D eigenvalue weighted by Crippen LogP contribution is -2.26. The van der Waals surface area contributed by atoms with Gasteiger partial charge in [0.05, 0.1) is 16.1 Å². The number of nitrogens with one attached hydrogen (secondary N) is 1. The average Bonchev–Trinajstić information content (AvgIpc) is 2.96. The molecule has 2 aromatic rings. The highest BCUT2D eigenvalue weighted by molar-refractivity contribution is 7.90. The van der Waals surface area contributed by atoms with Gasteiger partial charge >= 0.3 is 0 Å². The van der Waals surface area contributed by atoms with Gasteiger partial charge in [-0.2, -0.15) is 8.42 Å². The second kappa shape index (κ2) is 8.18. The number of rotatable bonds is 4. The van der Waals surface area contributed by atoms with Crippen molar-refractivity contribution in [3.05, 3.63) is 40.3 Å². The average molecular weight is 407 g/mol. The van der Waals surface area contributed by atoms with E-state index in [-0.39, 0.29) is 10.8 Å². The van der Waals surface area contributed by atoms with Gasteiger partial charge in [-0.3, -0.25) is 4.79 Å². The Hall–Kier alpha value is -2.26. The van der Waals surface area contributed by atoms with Crippen LogP contribution in [0.4, 0.5) is 5.69 Å². The van der Waals surface area contributed by atoms with Crippen LogP contribution in [0.5, 0.6) is 0 Å². The minimum Gasteiger partial charge on any atom is -0.362 e. The maximum absolute atomic E-state index is 12.7. The van der Waals surface area contributed by atoms with Gasteiger partial charge in [-0.1, -0.05) is 12.5 Å². The van der Waals surface area contributed by atoms with Gasteiger partial charge < -0.3 is 10.2 Å². The van der Waals surface area contributed by atoms with Crippen molar-refractivity contribution < 1.29 is 13.2 Å². The third-order valence-corrected chi connectivity index (χ3v) is 6.63. The number of nitrogens with zero attached hydrogens (tertiary/aromatic N) is 3. The molecule has 0 unspecified atom stereocenters. The molecule has 1 fully saturated rings. The fourth-order valence-electron chi connectivity index (χ4n) is 2.88. The van der Waals surface area contributed by atoms with Gasteiger partial charge in [-0.05, 0) is 38.0 Å². The number of likely N-dealkylation sites (tertiary alicyclic amines) is 1. The molecular weight excluding hydrogens is 384 g/mol. The van der Waals surface area contributed by atoms with E-state index < -0.39 is 10.0 Å². The monoisotopic (exact) mass is 406 g/mol. The summed E-state index contributed by atoms with van der Waals surface area (Å²) < 4.78 is 29.5. The molecule has 1 saturated heterocycles. The van der Waals surface area contributed by atoms with Crippen LogP contribution in [-0.2, 0) is 10.0 Å². The summed E-state index contributed by atoms with van der Waals surface area (Å²) in [6.45, 7) is 2.56. The number of aromatic nitrogens is 1. The SMILES string of the molecule is Cc1ncsc1C(=O)Nc1cccc(S(=O)(=O)N=C2CCCCCN2C)c1. The lowest BCUT2D eigenvalue weighted by atomic mass is 10.2. The summed E-state index contributed by atoms with van der Waals surface area (Å²) in [7, 11) is -1.98. The Balaban J connectivity index is 1.83. The molecule has 144 valence electrons. The number of benzene rings is 1. The molecule has 0 aliphatic carbocycles. The predicted molar refractivity (Wildman–Crippen MR) is 107 cm³/mol. The number of carbonyl (C=O) groups is 1. The zero-order valence-electron chi connectivity index (χ0n) is 15.3. The molecule has 0 atom stereocenters. The van der Waals surface area contributed by atoms with Crippen molar-refractivity contribution in [1.82, 2.24) is 9.88 Å². The number of carbonyl (C=O) groups excluding carboxylic acids is 1. The molecule has 1 aromatic heterocycles. The molecule has 0 radical (unpaired) electrons. The van der Waals surface area contributed by atoms with E-state index in [4.69, 9.17) is 0 Å². The minimum atomic E-state index is -3.84. The van der Waals surface area contributed by atoms with Crippen molar-refractivity contribution in [3.8, 4) is 0 Å². The molecular formula is C18H22N4O3S2. The van der Waals surface area contributed by atoms with Crippen molar-refractivity contribution >= 4 is 38.8 Å². The molecule has 1 N–H and O–H groups in total. The summed E-state index contributed by atoms with van der Waals surface area (Å²) in [5.41, 5.74) is 2.65. The Kier molecular flexibility index (Phi) is 5.91. The highest BCUT2D eigenvalue weighted by Crippen LogP contribution is 2.21. The molecule has 2 heterocycles. The first-order valence-electron chi connectivity index (χ1n) is 8.73. The van der Waals surface area contributed by atoms with Crippen LogP contribution in [0.2, 0.25) is 0 Å². The topological polar surface area (TPSA) is 91.7 Å². The Morgan fingerprint density at radius 3 is 2.85 bits per heavy atom. The molecule has 1 aliphatic rings. The second-order valence-electron chi connectivity index (χ2n) is 6.46. The van der Waals surface area contributed by atoms with Crippen molar-refractivity contribution in [2.24, 2.45) is 4.40 Å². The number of amidine groups is 1. The van der Waals surface area contributed by atoms with Crippen molar-refractivity contribution in [2.45, 2.75) is 37.5 Å². The summed E-state index contributed by atoms with van der Waals surface area (Å²) in [4.78, 5) is 18.9. The van der Waals surface area contributed by atoms with Gasteiger partial charge in [0.25, 0.3) is 15.9 Å². The van der Waals surface area contributed by atoms with E-state index in [0.29, 0.717) is 28.5 Å². The summed E-state index contributed by atoms with van der Waals surface area (Å²) in [6.07, 6.45) is 3.69. The zero-order chi connectivity index (χ0) is 19.4. The van der Waals surface area contributed by atoms with Crippen LogP contribution >= 0.6 is 11.3 Å². The van der Waals surface area contributed by atoms with Crippen molar-refractivity contribution in [1.29, 1.82) is 0 Å². The molecule has 1 aromatic carbocycles. The number of sulfonamides is 1. The lowest BCUT2D eigenvalue weighted by Gasteiger charge is -2.17. The Bertz CT molecular complexity index is 966. The standard InChI is InChI=1S/C18H22N4O3S2/c1-13-17(26-12-19-13)18(23)20-14-7-6-8-15(11-14)27(24,25)21-16-9-4-3-5-10-22(16)2/h6-8,11-12H,3-5,9-10H2,1-2H3,(H,20,23). The molecule has 9 heteroatoms. The van der Waals surface area contributed by atoms with Crippen LogP contribution in [0.1, 0.15) is 41.0 Å². The van der Waals surface area contributed by atoms with E-state index in [1.807, 2.05) is 11.9 Å². The third-order valence-electron chi connectivity index (χ3n) is 4.40. The number of hydrogen-bond acceptors (Lipinski definition) is 5. The maximum atomic E-state index is 12.7. The number of thiazole rings is 1. The van der Waals surface area contributed by atoms with E-state index in [1.54, 1.807) is 24.6 Å². The van der Waals surface area contributed by atoms with Crippen molar-refractivity contribution in [3.63, 3.8) is 0 Å². The van der Waals surface area contributed by atoms with E-state index in [1.165, 1.54) is 23.5 Å². The first-order valence-corrected chi connectivity index (χ1v) is 11.1. The van der Waals surface area contributed by atoms with Gasteiger partial charge in [0, 0.05) is 25.7 Å². The first kappa shape index (κ1) is 19.5. The van der Waals surface area contributed by atoms with Crippen LogP contribution in [0.3, 0.4) is 0 Å². The molecule has 7 nitrogen and oxygen atoms in total. The van der Waals surface area contributed by atoms with E-state index in [0.717, 1.165) is 25.8 Å². The fourth-order valence-corrected chi connectivity index (χ4v) is 4.72. The Morgan fingerprint density at radius 2 is 2.11 bits per heavy atom. The van der Waals surface area contributed by atoms with Crippen molar-refractivity contribution in [2.75, 3.05) is 18.9 Å². The largest absolute Gasteiger partial charge is 0.362 e. The molecule has 0 bridgehead atoms. The zero-order valence-corrected chi connectivity index (χ0v) is 16.9. The molecule has 1 aliphatic heterocycles.